The average molecular weight is 441 g/mol. The normalized spacial score (nSPS) is 13.0. The number of methoxy groups -OCH3 is 1. The van der Waals surface area contributed by atoms with E-state index in [1.54, 1.807) is 0 Å². The number of carbonyl (C=O) groups is 3. The number of nitrogens with zero attached hydrogens (tertiary/aromatic N) is 1. The molecule has 0 aliphatic heterocycles. The number of fused-ring (bicyclic) bond motifs is 3. The number of amides is 1. The van der Waals surface area contributed by atoms with Crippen LogP contribution in [-0.4, -0.2) is 53.6 Å². The molecule has 2 aromatic rings. The van der Waals surface area contributed by atoms with E-state index in [4.69, 9.17) is 10.8 Å². The first-order valence-electron chi connectivity index (χ1n) is 10.8. The van der Waals surface area contributed by atoms with Crippen molar-refractivity contribution in [3.8, 4) is 11.1 Å². The van der Waals surface area contributed by atoms with Gasteiger partial charge in [0.05, 0.1) is 13.7 Å². The molecule has 32 heavy (non-hydrogen) atoms. The molecular weight excluding hydrogens is 408 g/mol. The predicted octanol–water partition coefficient (Wildman–Crippen LogP) is 3.87. The van der Waals surface area contributed by atoms with E-state index in [1.807, 2.05) is 6.92 Å². The van der Waals surface area contributed by atoms with Gasteiger partial charge in [-0.2, -0.15) is 0 Å². The van der Waals surface area contributed by atoms with Gasteiger partial charge >= 0.3 is 12.1 Å². The number of aliphatic carboxylic acids is 1. The van der Waals surface area contributed by atoms with Gasteiger partial charge in [0.15, 0.2) is 11.3 Å². The summed E-state index contributed by atoms with van der Waals surface area (Å²) in [5.41, 5.74) is 9.17. The van der Waals surface area contributed by atoms with Gasteiger partial charge in [0.25, 0.3) is 0 Å². The van der Waals surface area contributed by atoms with Crippen LogP contribution in [0.15, 0.2) is 48.5 Å². The molecule has 0 heterocycles. The Hall–Kier alpha value is -3.19. The highest BCUT2D eigenvalue weighted by molar-refractivity contribution is 6.08. The maximum absolute atomic E-state index is 11.8. The van der Waals surface area contributed by atoms with Crippen LogP contribution in [0.3, 0.4) is 0 Å². The number of nitrogens with two attached hydrogens (primary N) is 1. The van der Waals surface area contributed by atoms with E-state index in [-0.39, 0.29) is 6.54 Å². The van der Waals surface area contributed by atoms with Gasteiger partial charge in [-0.15, -0.1) is 0 Å². The van der Waals surface area contributed by atoms with Gasteiger partial charge in [-0.1, -0.05) is 68.3 Å². The summed E-state index contributed by atoms with van der Waals surface area (Å²) in [6.07, 6.45) is 3.03. The molecule has 172 valence electrons. The molecule has 0 radical (unpaired) electrons. The molecule has 0 saturated heterocycles. The lowest BCUT2D eigenvalue weighted by atomic mass is 9.98. The minimum atomic E-state index is -2.00. The van der Waals surface area contributed by atoms with Gasteiger partial charge in [-0.05, 0) is 42.0 Å². The minimum absolute atomic E-state index is 0.335. The Morgan fingerprint density at radius 2 is 1.56 bits per heavy atom. The molecule has 3 rings (SSSR count). The minimum Gasteiger partial charge on any atom is -0.480 e. The molecule has 3 N–H and O–H groups in total. The van der Waals surface area contributed by atoms with Crippen molar-refractivity contribution in [2.24, 2.45) is 5.73 Å². The SMILES string of the molecule is CCCCCN(CC(=O)C(C)(N)C(=O)O)C(=O)OC.c1ccc2c(c1)Cc1ccccc1-2. The number of carboxylic acids is 1. The number of carboxylic acid groups (broad SMARTS) is 1. The number of hydrogen-bond acceptors (Lipinski definition) is 5. The van der Waals surface area contributed by atoms with E-state index < -0.39 is 23.4 Å². The summed E-state index contributed by atoms with van der Waals surface area (Å²) >= 11 is 0. The predicted molar refractivity (Wildman–Crippen MR) is 123 cm³/mol. The summed E-state index contributed by atoms with van der Waals surface area (Å²) in [6.45, 7) is 3.09. The molecule has 0 aromatic heterocycles. The maximum Gasteiger partial charge on any atom is 0.409 e. The van der Waals surface area contributed by atoms with Crippen molar-refractivity contribution >= 4 is 17.8 Å². The quantitative estimate of drug-likeness (QED) is 0.406. The van der Waals surface area contributed by atoms with E-state index in [0.717, 1.165) is 26.2 Å². The van der Waals surface area contributed by atoms with E-state index in [1.165, 1.54) is 34.3 Å². The van der Waals surface area contributed by atoms with Gasteiger partial charge in [0.1, 0.15) is 0 Å². The summed E-state index contributed by atoms with van der Waals surface area (Å²) in [7, 11) is 1.21. The molecule has 0 bridgehead atoms. The Bertz CT molecular complexity index is 911. The fraction of sp³-hybridized carbons (Fsp3) is 0.400. The van der Waals surface area contributed by atoms with Gasteiger partial charge in [0.2, 0.25) is 0 Å². The number of benzene rings is 2. The second-order valence-electron chi connectivity index (χ2n) is 8.02. The van der Waals surface area contributed by atoms with Crippen molar-refractivity contribution in [2.45, 2.75) is 45.1 Å². The van der Waals surface area contributed by atoms with Crippen LogP contribution in [0.5, 0.6) is 0 Å². The summed E-state index contributed by atoms with van der Waals surface area (Å²) in [5.74, 6) is -2.15. The number of Topliss-reactive ketones (excluding diaryl/α,β-unsaturated/α-hetero) is 1. The Balaban J connectivity index is 0.000000239. The largest absolute Gasteiger partial charge is 0.480 e. The molecule has 1 atom stereocenters. The summed E-state index contributed by atoms with van der Waals surface area (Å²) in [5, 5.41) is 8.85. The molecule has 0 fully saturated rings. The molecule has 1 amide bonds. The maximum atomic E-state index is 11.8. The lowest BCUT2D eigenvalue weighted by Gasteiger charge is -2.24. The van der Waals surface area contributed by atoms with Crippen LogP contribution < -0.4 is 5.73 Å². The highest BCUT2D eigenvalue weighted by Gasteiger charge is 2.38. The summed E-state index contributed by atoms with van der Waals surface area (Å²) < 4.78 is 4.56. The van der Waals surface area contributed by atoms with Crippen LogP contribution in [-0.2, 0) is 20.7 Å². The summed E-state index contributed by atoms with van der Waals surface area (Å²) in [6, 6.07) is 17.3. The molecule has 1 aliphatic carbocycles. The molecule has 1 unspecified atom stereocenters. The van der Waals surface area contributed by atoms with Gasteiger partial charge in [0, 0.05) is 6.54 Å². The Labute approximate surface area is 189 Å². The van der Waals surface area contributed by atoms with Crippen LogP contribution >= 0.6 is 0 Å². The number of ether oxygens (including phenoxy) is 1. The van der Waals surface area contributed by atoms with E-state index >= 15 is 0 Å². The number of hydrogen-bond donors (Lipinski definition) is 2. The van der Waals surface area contributed by atoms with Crippen molar-refractivity contribution in [3.05, 3.63) is 59.7 Å². The van der Waals surface area contributed by atoms with E-state index in [9.17, 15) is 14.4 Å². The highest BCUT2D eigenvalue weighted by Crippen LogP contribution is 2.35. The Kier molecular flexibility index (Phi) is 8.96. The zero-order chi connectivity index (χ0) is 23.7. The zero-order valence-electron chi connectivity index (χ0n) is 19.0. The fourth-order valence-electron chi connectivity index (χ4n) is 3.45. The highest BCUT2D eigenvalue weighted by atomic mass is 16.5. The zero-order valence-corrected chi connectivity index (χ0v) is 19.0. The van der Waals surface area contributed by atoms with Gasteiger partial charge < -0.3 is 20.5 Å². The molecule has 0 saturated carbocycles. The van der Waals surface area contributed by atoms with Crippen molar-refractivity contribution in [2.75, 3.05) is 20.2 Å². The van der Waals surface area contributed by atoms with Crippen molar-refractivity contribution < 1.29 is 24.2 Å². The fourth-order valence-corrected chi connectivity index (χ4v) is 3.45. The third-order valence-corrected chi connectivity index (χ3v) is 5.53. The topological polar surface area (TPSA) is 110 Å². The third-order valence-electron chi connectivity index (χ3n) is 5.53. The van der Waals surface area contributed by atoms with Gasteiger partial charge in [-0.25, -0.2) is 9.59 Å². The van der Waals surface area contributed by atoms with Crippen LogP contribution in [0.2, 0.25) is 0 Å². The molecule has 2 aromatic carbocycles. The third kappa shape index (κ3) is 6.17. The van der Waals surface area contributed by atoms with Crippen molar-refractivity contribution in [3.63, 3.8) is 0 Å². The second-order valence-corrected chi connectivity index (χ2v) is 8.02. The van der Waals surface area contributed by atoms with Gasteiger partial charge in [-0.3, -0.25) is 4.79 Å². The second kappa shape index (κ2) is 11.4. The molecule has 7 nitrogen and oxygen atoms in total. The molecule has 0 spiro atoms. The average Bonchev–Trinajstić information content (AvgIpc) is 3.17. The molecular formula is C25H32N2O5. The van der Waals surface area contributed by atoms with Crippen LogP contribution in [0.1, 0.15) is 44.2 Å². The number of ketones is 1. The monoisotopic (exact) mass is 440 g/mol. The Morgan fingerprint density at radius 1 is 1.03 bits per heavy atom. The Morgan fingerprint density at radius 3 is 2.03 bits per heavy atom. The smallest absolute Gasteiger partial charge is 0.409 e. The van der Waals surface area contributed by atoms with Crippen molar-refractivity contribution in [1.82, 2.24) is 4.90 Å². The van der Waals surface area contributed by atoms with Crippen LogP contribution in [0.25, 0.3) is 11.1 Å². The first kappa shape index (κ1) is 25.1. The first-order valence-corrected chi connectivity index (χ1v) is 10.8. The number of carbonyl (C=O) groups excluding carboxylic acids is 2. The van der Waals surface area contributed by atoms with E-state index in [0.29, 0.717) is 13.0 Å². The number of unbranched alkanes of at least 4 members (excludes halogenated alkanes) is 2. The van der Waals surface area contributed by atoms with Crippen LogP contribution in [0.4, 0.5) is 4.79 Å². The van der Waals surface area contributed by atoms with Crippen molar-refractivity contribution in [1.29, 1.82) is 0 Å². The van der Waals surface area contributed by atoms with E-state index in [2.05, 4.69) is 53.3 Å². The first-order chi connectivity index (χ1) is 15.2. The van der Waals surface area contributed by atoms with Crippen LogP contribution in [0, 0.1) is 0 Å². The number of rotatable bonds is 8. The standard InChI is InChI=1S/C13H10.C12H22N2O5/c1-3-7-12-10(5-1)9-11-6-2-4-8-13(11)12;1-4-5-6-7-14(11(18)19-3)8-9(15)12(2,13)10(16)17/h1-8H,9H2;4-8,13H2,1-3H3,(H,16,17). The molecule has 1 aliphatic rings. The molecule has 7 heteroatoms. The lowest BCUT2D eigenvalue weighted by Crippen LogP contribution is -2.56. The lowest BCUT2D eigenvalue weighted by molar-refractivity contribution is -0.147. The summed E-state index contributed by atoms with van der Waals surface area (Å²) in [4.78, 5) is 35.4.